The molecule has 0 bridgehead atoms. The molecule has 0 spiro atoms. The third kappa shape index (κ3) is 6.86. The van der Waals surface area contributed by atoms with Gasteiger partial charge in [-0.15, -0.1) is 0 Å². The van der Waals surface area contributed by atoms with Crippen molar-refractivity contribution in [3.8, 4) is 23.0 Å². The third-order valence-corrected chi connectivity index (χ3v) is 15.8. The fourth-order valence-electron chi connectivity index (χ4n) is 7.02. The summed E-state index contributed by atoms with van der Waals surface area (Å²) in [4.78, 5) is 0. The number of hydrogen-bond acceptors (Lipinski definition) is 4. The van der Waals surface area contributed by atoms with Gasteiger partial charge in [0.15, 0.2) is 11.7 Å². The molecule has 6 rings (SSSR count). The highest BCUT2D eigenvalue weighted by atomic mass is 31.1. The Bertz CT molecular complexity index is 1560. The van der Waals surface area contributed by atoms with Crippen LogP contribution in [-0.2, 0) is 0 Å². The zero-order chi connectivity index (χ0) is 34.4. The van der Waals surface area contributed by atoms with E-state index in [1.54, 1.807) is 0 Å². The monoisotopic (exact) mass is 682 g/mol. The average Bonchev–Trinajstić information content (AvgIpc) is 3.63. The maximum atomic E-state index is 7.10. The van der Waals surface area contributed by atoms with Gasteiger partial charge in [0.1, 0.15) is 35.2 Å². The van der Waals surface area contributed by atoms with Gasteiger partial charge < -0.3 is 18.9 Å². The van der Waals surface area contributed by atoms with Crippen LogP contribution in [0.3, 0.4) is 0 Å². The van der Waals surface area contributed by atoms with Crippen LogP contribution < -0.4 is 29.6 Å². The highest BCUT2D eigenvalue weighted by molar-refractivity contribution is 7.72. The van der Waals surface area contributed by atoms with Gasteiger partial charge in [0.05, 0.1) is 10.6 Å². The molecule has 0 fully saturated rings. The molecule has 2 aliphatic heterocycles. The third-order valence-electron chi connectivity index (χ3n) is 9.07. The van der Waals surface area contributed by atoms with Crippen molar-refractivity contribution in [3.63, 3.8) is 0 Å². The first kappa shape index (κ1) is 34.8. The normalized spacial score (nSPS) is 21.7. The van der Waals surface area contributed by atoms with E-state index >= 15 is 0 Å². The van der Waals surface area contributed by atoms with E-state index in [0.717, 1.165) is 23.0 Å². The van der Waals surface area contributed by atoms with Crippen molar-refractivity contribution in [2.45, 2.75) is 103 Å². The summed E-state index contributed by atoms with van der Waals surface area (Å²) in [6, 6.07) is 33.9. The zero-order valence-corrected chi connectivity index (χ0v) is 32.0. The Labute approximate surface area is 291 Å². The molecule has 254 valence electrons. The first-order valence-electron chi connectivity index (χ1n) is 17.4. The predicted octanol–water partition coefficient (Wildman–Crippen LogP) is 11.2. The van der Waals surface area contributed by atoms with Gasteiger partial charge in [-0.3, -0.25) is 0 Å². The maximum Gasteiger partial charge on any atom is 0.162 e. The van der Waals surface area contributed by atoms with Crippen LogP contribution in [-0.4, -0.2) is 22.0 Å². The molecule has 4 nitrogen and oxygen atoms in total. The molecule has 4 aromatic carbocycles. The molecule has 0 amide bonds. The highest BCUT2D eigenvalue weighted by Gasteiger charge is 2.55. The van der Waals surface area contributed by atoms with Crippen LogP contribution in [0, 0.1) is 11.8 Å². The Morgan fingerprint density at radius 3 is 1.17 bits per heavy atom. The number of fused-ring (bicyclic) bond motifs is 2. The minimum Gasteiger partial charge on any atom is -0.485 e. The second kappa shape index (κ2) is 13.7. The molecule has 6 atom stereocenters. The first-order chi connectivity index (χ1) is 22.8. The summed E-state index contributed by atoms with van der Waals surface area (Å²) in [6.45, 7) is 23.0. The van der Waals surface area contributed by atoms with E-state index in [4.69, 9.17) is 18.9 Å². The van der Waals surface area contributed by atoms with E-state index in [2.05, 4.69) is 166 Å². The summed E-state index contributed by atoms with van der Waals surface area (Å²) in [7, 11) is -1.72. The highest BCUT2D eigenvalue weighted by Crippen LogP contribution is 2.69. The lowest BCUT2D eigenvalue weighted by Crippen LogP contribution is -2.38. The number of rotatable bonds is 9. The first-order valence-corrected chi connectivity index (χ1v) is 20.2. The van der Waals surface area contributed by atoms with E-state index < -0.39 is 15.8 Å². The molecule has 0 N–H and O–H groups in total. The molecule has 0 aromatic heterocycles. The van der Waals surface area contributed by atoms with Gasteiger partial charge >= 0.3 is 0 Å². The van der Waals surface area contributed by atoms with Gasteiger partial charge in [-0.2, -0.15) is 0 Å². The van der Waals surface area contributed by atoms with Gasteiger partial charge in [-0.1, -0.05) is 142 Å². The molecular weight excluding hydrogens is 630 g/mol. The molecular formula is C42H52O4P2. The van der Waals surface area contributed by atoms with Gasteiger partial charge in [-0.25, -0.2) is 0 Å². The average molecular weight is 683 g/mol. The Balaban J connectivity index is 1.40. The summed E-state index contributed by atoms with van der Waals surface area (Å²) in [6.07, 6.45) is -0.129. The Hall–Kier alpha value is -3.06. The molecule has 6 heteroatoms. The molecule has 0 aliphatic carbocycles. The van der Waals surface area contributed by atoms with E-state index in [-0.39, 0.29) is 34.2 Å². The van der Waals surface area contributed by atoms with Crippen LogP contribution in [0.1, 0.15) is 92.6 Å². The summed E-state index contributed by atoms with van der Waals surface area (Å²) in [5, 5.41) is 2.32. The minimum atomic E-state index is -0.862. The fourth-order valence-corrected chi connectivity index (χ4v) is 13.7. The number of benzene rings is 4. The SMILES string of the molecule is CC(C)[C@H](Oc1cccc2c1[P@@](C(C)(C)C)[C@@H]([C@H]1Oc3cccc(O[C@H](c4ccccc4)C(C)C)c3[P@]1C(C)(C)C)O2)c1ccccc1. The zero-order valence-electron chi connectivity index (χ0n) is 30.2. The molecule has 48 heavy (non-hydrogen) atoms. The number of hydrogen-bond donors (Lipinski definition) is 0. The molecule has 0 unspecified atom stereocenters. The van der Waals surface area contributed by atoms with E-state index in [9.17, 15) is 0 Å². The summed E-state index contributed by atoms with van der Waals surface area (Å²) in [5.41, 5.74) is 2.38. The second-order valence-corrected chi connectivity index (χ2v) is 21.8. The summed E-state index contributed by atoms with van der Waals surface area (Å²) in [5.74, 6) is 4.06. The topological polar surface area (TPSA) is 36.9 Å². The Morgan fingerprint density at radius 1 is 0.500 bits per heavy atom. The van der Waals surface area contributed by atoms with Crippen molar-refractivity contribution in [2.24, 2.45) is 11.8 Å². The van der Waals surface area contributed by atoms with Crippen molar-refractivity contribution in [2.75, 3.05) is 0 Å². The largest absolute Gasteiger partial charge is 0.485 e. The lowest BCUT2D eigenvalue weighted by molar-refractivity contribution is 0.153. The van der Waals surface area contributed by atoms with E-state index in [1.807, 2.05) is 0 Å². The molecule has 0 saturated heterocycles. The van der Waals surface area contributed by atoms with Gasteiger partial charge in [-0.05, 0) is 73.4 Å². The van der Waals surface area contributed by atoms with Crippen LogP contribution >= 0.6 is 15.8 Å². The van der Waals surface area contributed by atoms with Gasteiger partial charge in [0.25, 0.3) is 0 Å². The number of ether oxygens (including phenoxy) is 4. The van der Waals surface area contributed by atoms with Gasteiger partial charge in [0.2, 0.25) is 0 Å². The van der Waals surface area contributed by atoms with E-state index in [0.29, 0.717) is 11.8 Å². The molecule has 2 heterocycles. The molecule has 4 aromatic rings. The standard InChI is InChI=1S/C42H52O4P2/c1-27(2)35(29-19-13-11-14-20-29)43-31-23-17-25-33-37(31)47(41(5,6)7)39(45-33)40-46-34-26-18-24-32(38(34)48(40)42(8,9)10)44-36(28(3)4)30-21-15-12-16-22-30/h11-28,35-36,39-40H,1-10H3/t35-,36-,39-,40-,47-,48+/m0/s1. The van der Waals surface area contributed by atoms with Crippen LogP contribution in [0.4, 0.5) is 0 Å². The summed E-state index contributed by atoms with van der Waals surface area (Å²) < 4.78 is 28.2. The quantitative estimate of drug-likeness (QED) is 0.165. The fraction of sp³-hybridized carbons (Fsp3) is 0.429. The predicted molar refractivity (Wildman–Crippen MR) is 204 cm³/mol. The van der Waals surface area contributed by atoms with Crippen LogP contribution in [0.25, 0.3) is 0 Å². The summed E-state index contributed by atoms with van der Waals surface area (Å²) >= 11 is 0. The van der Waals surface area contributed by atoms with Crippen molar-refractivity contribution in [1.29, 1.82) is 0 Å². The van der Waals surface area contributed by atoms with Crippen LogP contribution in [0.2, 0.25) is 0 Å². The minimum absolute atomic E-state index is 0.0583. The van der Waals surface area contributed by atoms with Crippen molar-refractivity contribution >= 4 is 26.5 Å². The smallest absolute Gasteiger partial charge is 0.162 e. The van der Waals surface area contributed by atoms with Crippen molar-refractivity contribution in [3.05, 3.63) is 108 Å². The molecule has 2 aliphatic rings. The maximum absolute atomic E-state index is 7.10. The van der Waals surface area contributed by atoms with Crippen molar-refractivity contribution < 1.29 is 18.9 Å². The van der Waals surface area contributed by atoms with Crippen LogP contribution in [0.15, 0.2) is 97.1 Å². The second-order valence-electron chi connectivity index (χ2n) is 15.7. The lowest BCUT2D eigenvalue weighted by atomic mass is 9.99. The van der Waals surface area contributed by atoms with Gasteiger partial charge in [0, 0.05) is 0 Å². The lowest BCUT2D eigenvalue weighted by Gasteiger charge is -2.40. The van der Waals surface area contributed by atoms with Crippen LogP contribution in [0.5, 0.6) is 23.0 Å². The Morgan fingerprint density at radius 2 is 0.854 bits per heavy atom. The Kier molecular flexibility index (Phi) is 9.92. The molecule has 0 radical (unpaired) electrons. The van der Waals surface area contributed by atoms with Crippen molar-refractivity contribution in [1.82, 2.24) is 0 Å². The molecule has 0 saturated carbocycles. The van der Waals surface area contributed by atoms with E-state index in [1.165, 1.54) is 21.7 Å².